The minimum absolute atomic E-state index is 0. The van der Waals surface area contributed by atoms with E-state index in [4.69, 9.17) is 15.3 Å². The summed E-state index contributed by atoms with van der Waals surface area (Å²) in [5.74, 6) is 0. The summed E-state index contributed by atoms with van der Waals surface area (Å²) in [4.78, 5) is 0. The minimum Gasteiger partial charge on any atom is -0.855 e. The summed E-state index contributed by atoms with van der Waals surface area (Å²) in [6.07, 6.45) is 0. The van der Waals surface area contributed by atoms with Gasteiger partial charge in [0, 0.05) is 6.61 Å². The van der Waals surface area contributed by atoms with Gasteiger partial charge in [-0.25, -0.2) is 0 Å². The van der Waals surface area contributed by atoms with Gasteiger partial charge in [-0.1, -0.05) is 13.8 Å². The molecule has 0 fully saturated rings. The van der Waals surface area contributed by atoms with Crippen LogP contribution in [0, 0.1) is 0 Å². The number of hydrogen-bond acceptors (Lipinski definition) is 3. The van der Waals surface area contributed by atoms with Crippen LogP contribution in [0.2, 0.25) is 0 Å². The fraction of sp³-hybridized carbons (Fsp3) is 1.00. The van der Waals surface area contributed by atoms with E-state index >= 15 is 0 Å². The van der Waals surface area contributed by atoms with E-state index in [0.717, 1.165) is 0 Å². The first-order chi connectivity index (χ1) is 4.24. The van der Waals surface area contributed by atoms with Crippen LogP contribution in [-0.2, 0) is 0 Å². The summed E-state index contributed by atoms with van der Waals surface area (Å²) in [5.41, 5.74) is 0. The summed E-state index contributed by atoms with van der Waals surface area (Å²) < 4.78 is 0. The van der Waals surface area contributed by atoms with Crippen molar-refractivity contribution in [3.05, 3.63) is 0 Å². The average molecular weight is 182 g/mol. The van der Waals surface area contributed by atoms with Crippen molar-refractivity contribution in [2.24, 2.45) is 0 Å². The molecule has 0 spiro atoms. The maximum atomic E-state index is 8.93. The standard InChI is InChI=1S/C2H6O.2C2H5O.2Na/c3*1-2-3;;/h3H,2H2,1H3;2*2H2,1H3;;/q;2*-1;2*+1. The third kappa shape index (κ3) is 328. The zero-order chi connectivity index (χ0) is 8.12. The van der Waals surface area contributed by atoms with E-state index in [2.05, 4.69) is 0 Å². The predicted octanol–water partition coefficient (Wildman–Crippen LogP) is -7.26. The van der Waals surface area contributed by atoms with Crippen molar-refractivity contribution in [2.45, 2.75) is 20.8 Å². The van der Waals surface area contributed by atoms with E-state index in [9.17, 15) is 0 Å². The van der Waals surface area contributed by atoms with Gasteiger partial charge in [0.15, 0.2) is 0 Å². The van der Waals surface area contributed by atoms with Crippen molar-refractivity contribution >= 4 is 0 Å². The minimum atomic E-state index is 0. The third-order valence-electron chi connectivity index (χ3n) is 0. The van der Waals surface area contributed by atoms with Gasteiger partial charge in [0.1, 0.15) is 0 Å². The fourth-order valence-electron chi connectivity index (χ4n) is 0. The van der Waals surface area contributed by atoms with Gasteiger partial charge in [0.2, 0.25) is 0 Å². The maximum absolute atomic E-state index is 8.93. The van der Waals surface area contributed by atoms with Crippen molar-refractivity contribution in [3.63, 3.8) is 0 Å². The van der Waals surface area contributed by atoms with E-state index in [0.29, 0.717) is 0 Å². The molecule has 0 aliphatic rings. The summed E-state index contributed by atoms with van der Waals surface area (Å²) in [6, 6.07) is 0. The molecule has 0 aliphatic heterocycles. The summed E-state index contributed by atoms with van der Waals surface area (Å²) in [7, 11) is 0. The molecule has 0 aromatic rings. The average Bonchev–Trinajstić information content (AvgIpc) is 1.70. The number of aliphatic hydroxyl groups is 1. The van der Waals surface area contributed by atoms with E-state index in [1.54, 1.807) is 20.8 Å². The molecule has 0 radical (unpaired) electrons. The first kappa shape index (κ1) is 29.3. The fourth-order valence-corrected chi connectivity index (χ4v) is 0. The van der Waals surface area contributed by atoms with Crippen LogP contribution in [-0.4, -0.2) is 24.9 Å². The van der Waals surface area contributed by atoms with Crippen LogP contribution in [0.5, 0.6) is 0 Å². The zero-order valence-corrected chi connectivity index (χ0v) is 12.4. The van der Waals surface area contributed by atoms with Crippen molar-refractivity contribution < 1.29 is 74.4 Å². The Morgan fingerprint density at radius 1 is 0.909 bits per heavy atom. The number of rotatable bonds is 0. The molecular weight excluding hydrogens is 166 g/mol. The zero-order valence-electron chi connectivity index (χ0n) is 8.39. The summed E-state index contributed by atoms with van der Waals surface area (Å²) in [6.45, 7) is 5.07. The molecule has 0 unspecified atom stereocenters. The Balaban J connectivity index is -0.0000000150. The Hall–Kier alpha value is 1.88. The molecule has 0 saturated heterocycles. The Morgan fingerprint density at radius 3 is 0.909 bits per heavy atom. The van der Waals surface area contributed by atoms with Crippen LogP contribution >= 0.6 is 0 Å². The van der Waals surface area contributed by atoms with Gasteiger partial charge < -0.3 is 15.3 Å². The van der Waals surface area contributed by atoms with Gasteiger partial charge in [-0.2, -0.15) is 0 Å². The van der Waals surface area contributed by atoms with Gasteiger partial charge in [0.25, 0.3) is 0 Å². The van der Waals surface area contributed by atoms with Crippen LogP contribution in [0.4, 0.5) is 0 Å². The molecule has 1 N–H and O–H groups in total. The number of aliphatic hydroxyl groups excluding tert-OH is 1. The van der Waals surface area contributed by atoms with Gasteiger partial charge in [-0.15, -0.1) is 13.2 Å². The van der Waals surface area contributed by atoms with Crippen molar-refractivity contribution in [3.8, 4) is 0 Å². The second kappa shape index (κ2) is 59.1. The van der Waals surface area contributed by atoms with Crippen molar-refractivity contribution in [1.82, 2.24) is 0 Å². The molecule has 5 heteroatoms. The summed E-state index contributed by atoms with van der Waals surface area (Å²) in [5, 5.41) is 25.4. The molecule has 11 heavy (non-hydrogen) atoms. The van der Waals surface area contributed by atoms with E-state index in [1.165, 1.54) is 0 Å². The Bertz CT molecular complexity index is 20.5. The molecule has 0 bridgehead atoms. The number of hydrogen-bond donors (Lipinski definition) is 1. The maximum Gasteiger partial charge on any atom is 1.00 e. The smallest absolute Gasteiger partial charge is 0.855 e. The van der Waals surface area contributed by atoms with Crippen LogP contribution in [0.3, 0.4) is 0 Å². The molecular formula is C6H16Na2O3. The van der Waals surface area contributed by atoms with Crippen molar-refractivity contribution in [2.75, 3.05) is 19.8 Å². The quantitative estimate of drug-likeness (QED) is 0.378. The SMILES string of the molecule is CCO.CC[O-].CC[O-].[Na+].[Na+]. The van der Waals surface area contributed by atoms with E-state index in [1.807, 2.05) is 0 Å². The molecule has 0 aromatic carbocycles. The first-order valence-corrected chi connectivity index (χ1v) is 3.01. The molecule has 0 rings (SSSR count). The molecule has 60 valence electrons. The molecule has 0 amide bonds. The summed E-state index contributed by atoms with van der Waals surface area (Å²) >= 11 is 0. The van der Waals surface area contributed by atoms with Crippen LogP contribution in [0.25, 0.3) is 0 Å². The van der Waals surface area contributed by atoms with Crippen molar-refractivity contribution in [1.29, 1.82) is 0 Å². The first-order valence-electron chi connectivity index (χ1n) is 3.01. The second-order valence-electron chi connectivity index (χ2n) is 0.894. The van der Waals surface area contributed by atoms with Gasteiger partial charge in [-0.3, -0.25) is 0 Å². The second-order valence-corrected chi connectivity index (χ2v) is 0.894. The van der Waals surface area contributed by atoms with Gasteiger partial charge >= 0.3 is 59.1 Å². The molecule has 0 heterocycles. The molecule has 0 atom stereocenters. The molecule has 0 saturated carbocycles. The van der Waals surface area contributed by atoms with Crippen LogP contribution < -0.4 is 69.3 Å². The predicted molar refractivity (Wildman–Crippen MR) is 33.8 cm³/mol. The normalized spacial score (nSPS) is 4.91. The molecule has 0 aliphatic carbocycles. The van der Waals surface area contributed by atoms with Crippen LogP contribution in [0.15, 0.2) is 0 Å². The van der Waals surface area contributed by atoms with Gasteiger partial charge in [0.05, 0.1) is 0 Å². The van der Waals surface area contributed by atoms with Crippen LogP contribution in [0.1, 0.15) is 20.8 Å². The monoisotopic (exact) mass is 182 g/mol. The van der Waals surface area contributed by atoms with E-state index in [-0.39, 0.29) is 78.9 Å². The molecule has 0 aromatic heterocycles. The Morgan fingerprint density at radius 2 is 0.909 bits per heavy atom. The Kier molecular flexibility index (Phi) is 157. The van der Waals surface area contributed by atoms with E-state index < -0.39 is 0 Å². The third-order valence-corrected chi connectivity index (χ3v) is 0. The Labute approximate surface area is 114 Å². The molecule has 3 nitrogen and oxygen atoms in total. The largest absolute Gasteiger partial charge is 1.00 e. The van der Waals surface area contributed by atoms with Gasteiger partial charge in [-0.05, 0) is 6.92 Å². The topological polar surface area (TPSA) is 66.3 Å².